The van der Waals surface area contributed by atoms with Crippen LogP contribution < -0.4 is 16.2 Å². The molecule has 5 N–H and O–H groups in total. The Morgan fingerprint density at radius 1 is 1.07 bits per heavy atom. The Morgan fingerprint density at radius 3 is 2.64 bits per heavy atom. The van der Waals surface area contributed by atoms with Gasteiger partial charge in [0.05, 0.1) is 18.1 Å². The molecule has 232 valence electrons. The fourth-order valence-corrected chi connectivity index (χ4v) is 6.47. The molecule has 0 bridgehead atoms. The molecule has 0 radical (unpaired) electrons. The number of aliphatic hydroxyl groups is 2. The third kappa shape index (κ3) is 6.70. The number of hydrogen-bond acceptors (Lipinski definition) is 10. The summed E-state index contributed by atoms with van der Waals surface area (Å²) in [7, 11) is 0. The molecule has 2 aliphatic rings. The number of aliphatic hydroxyl groups excluding tert-OH is 2. The second-order valence-corrected chi connectivity index (χ2v) is 12.5. The summed E-state index contributed by atoms with van der Waals surface area (Å²) < 4.78 is 14.6. The van der Waals surface area contributed by atoms with E-state index < -0.39 is 30.1 Å². The summed E-state index contributed by atoms with van der Waals surface area (Å²) in [4.78, 5) is 22.5. The van der Waals surface area contributed by atoms with Crippen molar-refractivity contribution in [2.45, 2.75) is 74.4 Å². The Labute approximate surface area is 259 Å². The van der Waals surface area contributed by atoms with E-state index in [1.54, 1.807) is 12.1 Å². The van der Waals surface area contributed by atoms with Crippen molar-refractivity contribution in [2.75, 3.05) is 17.6 Å². The number of carbonyl (C=O) groups is 1. The minimum Gasteiger partial charge on any atom is -0.390 e. The van der Waals surface area contributed by atoms with Crippen LogP contribution in [0.1, 0.15) is 55.7 Å². The molecule has 0 saturated heterocycles. The number of nitrogens with zero attached hydrogens (tertiary/aromatic N) is 5. The highest BCUT2D eigenvalue weighted by atomic mass is 32.2. The largest absolute Gasteiger partial charge is 0.390 e. The van der Waals surface area contributed by atoms with Crippen LogP contribution >= 0.6 is 11.8 Å². The van der Waals surface area contributed by atoms with Gasteiger partial charge in [-0.25, -0.2) is 24.5 Å². The number of aryl methyl sites for hydroxylation is 1. The summed E-state index contributed by atoms with van der Waals surface area (Å²) in [5, 5.41) is 34.7. The minimum atomic E-state index is -1.29. The lowest BCUT2D eigenvalue weighted by molar-refractivity contribution is -0.129. The SMILES string of the molecule is CCCSc1nc(NC2CC2c2ccccc2)c2nnn([C@H]3C[C@@H](C(=O)NNCCCc4ccc(F)cc4)[C@H](O)[C@@H]3O)c2n1. The van der Waals surface area contributed by atoms with Gasteiger partial charge in [-0.2, -0.15) is 0 Å². The lowest BCUT2D eigenvalue weighted by atomic mass is 10.1. The molecular formula is C31H37FN8O3S. The first kappa shape index (κ1) is 30.4. The van der Waals surface area contributed by atoms with E-state index in [2.05, 4.69) is 45.5 Å². The normalized spacial score (nSPS) is 24.5. The van der Waals surface area contributed by atoms with Gasteiger partial charge >= 0.3 is 0 Å². The number of aromatic nitrogens is 5. The monoisotopic (exact) mass is 620 g/mol. The molecule has 6 rings (SSSR count). The number of rotatable bonds is 13. The Balaban J connectivity index is 1.12. The molecule has 4 aromatic rings. The molecule has 1 amide bonds. The number of amides is 1. The number of halogens is 1. The van der Waals surface area contributed by atoms with Crippen LogP contribution in [0.15, 0.2) is 59.8 Å². The second kappa shape index (κ2) is 13.6. The first-order valence-corrected chi connectivity index (χ1v) is 16.1. The lowest BCUT2D eigenvalue weighted by Crippen LogP contribution is -2.45. The maximum atomic E-state index is 13.1. The van der Waals surface area contributed by atoms with Gasteiger partial charge in [-0.1, -0.05) is 66.4 Å². The smallest absolute Gasteiger partial charge is 0.239 e. The predicted octanol–water partition coefficient (Wildman–Crippen LogP) is 3.37. The van der Waals surface area contributed by atoms with Crippen LogP contribution in [0.2, 0.25) is 0 Å². The number of thioether (sulfide) groups is 1. The molecule has 13 heteroatoms. The van der Waals surface area contributed by atoms with Crippen molar-refractivity contribution in [1.82, 2.24) is 35.8 Å². The summed E-state index contributed by atoms with van der Waals surface area (Å²) in [5.41, 5.74) is 8.77. The van der Waals surface area contributed by atoms with Gasteiger partial charge < -0.3 is 15.5 Å². The van der Waals surface area contributed by atoms with E-state index in [9.17, 15) is 19.4 Å². The van der Waals surface area contributed by atoms with Crippen LogP contribution in [-0.4, -0.2) is 71.6 Å². The van der Waals surface area contributed by atoms with E-state index in [0.717, 1.165) is 37.0 Å². The van der Waals surface area contributed by atoms with Crippen LogP contribution in [0.5, 0.6) is 0 Å². The quantitative estimate of drug-likeness (QED) is 0.0652. The average molecular weight is 621 g/mol. The van der Waals surface area contributed by atoms with E-state index in [4.69, 9.17) is 9.97 Å². The van der Waals surface area contributed by atoms with Crippen LogP contribution in [0.25, 0.3) is 11.2 Å². The highest BCUT2D eigenvalue weighted by molar-refractivity contribution is 7.99. The van der Waals surface area contributed by atoms with Gasteiger partial charge in [0.1, 0.15) is 11.9 Å². The number of benzene rings is 2. The number of carbonyl (C=O) groups excluding carboxylic acids is 1. The zero-order valence-electron chi connectivity index (χ0n) is 24.4. The Morgan fingerprint density at radius 2 is 1.86 bits per heavy atom. The van der Waals surface area contributed by atoms with E-state index in [1.165, 1.54) is 34.1 Å². The topological polar surface area (TPSA) is 150 Å². The Kier molecular flexibility index (Phi) is 9.36. The summed E-state index contributed by atoms with van der Waals surface area (Å²) in [6, 6.07) is 16.2. The first-order valence-electron chi connectivity index (χ1n) is 15.1. The Hall–Kier alpha value is -3.65. The Bertz CT molecular complexity index is 1570. The minimum absolute atomic E-state index is 0.160. The molecule has 2 aliphatic carbocycles. The van der Waals surface area contributed by atoms with Crippen molar-refractivity contribution in [3.8, 4) is 0 Å². The number of fused-ring (bicyclic) bond motifs is 1. The number of hydrogen-bond donors (Lipinski definition) is 5. The molecule has 2 aromatic heterocycles. The lowest BCUT2D eigenvalue weighted by Gasteiger charge is -2.17. The third-order valence-corrected chi connectivity index (χ3v) is 9.33. The fourth-order valence-electron chi connectivity index (χ4n) is 5.78. The highest BCUT2D eigenvalue weighted by Crippen LogP contribution is 2.43. The zero-order valence-corrected chi connectivity index (χ0v) is 25.3. The molecule has 44 heavy (non-hydrogen) atoms. The third-order valence-electron chi connectivity index (χ3n) is 8.27. The van der Waals surface area contributed by atoms with Crippen LogP contribution in [0, 0.1) is 11.7 Å². The summed E-state index contributed by atoms with van der Waals surface area (Å²) in [6.07, 6.45) is 1.01. The molecule has 0 aliphatic heterocycles. The summed E-state index contributed by atoms with van der Waals surface area (Å²) in [5.74, 6) is 0.268. The molecule has 2 heterocycles. The molecule has 11 nitrogen and oxygen atoms in total. The maximum absolute atomic E-state index is 13.1. The van der Waals surface area contributed by atoms with Gasteiger partial charge in [0.2, 0.25) is 5.91 Å². The van der Waals surface area contributed by atoms with Gasteiger partial charge in [0, 0.05) is 24.3 Å². The molecule has 6 atom stereocenters. The predicted molar refractivity (Wildman–Crippen MR) is 165 cm³/mol. The van der Waals surface area contributed by atoms with Gasteiger partial charge in [0.15, 0.2) is 22.1 Å². The molecule has 2 saturated carbocycles. The molecule has 2 fully saturated rings. The van der Waals surface area contributed by atoms with E-state index >= 15 is 0 Å². The van der Waals surface area contributed by atoms with Crippen molar-refractivity contribution in [3.63, 3.8) is 0 Å². The van der Waals surface area contributed by atoms with Gasteiger partial charge in [-0.15, -0.1) is 5.10 Å². The van der Waals surface area contributed by atoms with Crippen molar-refractivity contribution >= 4 is 34.7 Å². The first-order chi connectivity index (χ1) is 21.4. The zero-order chi connectivity index (χ0) is 30.6. The van der Waals surface area contributed by atoms with E-state index in [0.29, 0.717) is 34.6 Å². The van der Waals surface area contributed by atoms with Crippen molar-refractivity contribution in [2.24, 2.45) is 5.92 Å². The van der Waals surface area contributed by atoms with E-state index in [1.807, 2.05) is 18.2 Å². The molecule has 2 unspecified atom stereocenters. The molecular weight excluding hydrogens is 583 g/mol. The van der Waals surface area contributed by atoms with Gasteiger partial charge in [-0.3, -0.25) is 10.2 Å². The van der Waals surface area contributed by atoms with Crippen LogP contribution in [-0.2, 0) is 11.2 Å². The number of nitrogens with one attached hydrogen (secondary N) is 3. The van der Waals surface area contributed by atoms with E-state index in [-0.39, 0.29) is 18.3 Å². The van der Waals surface area contributed by atoms with Crippen molar-refractivity contribution < 1.29 is 19.4 Å². The standard InChI is InChI=1S/C31H37FN8O3S/c1-2-15-44-31-35-28(34-23-16-21(23)19-8-4-3-5-9-19)25-29(36-31)40(39-37-25)24-17-22(26(41)27(24)42)30(43)38-33-14-6-7-18-10-12-20(32)13-11-18/h3-5,8-13,21-24,26-27,33,41-42H,2,6-7,14-17H2,1H3,(H,38,43)(H,34,35,36)/t21?,22-,23?,24+,26+,27-/m1/s1. The maximum Gasteiger partial charge on any atom is 0.239 e. The van der Waals surface area contributed by atoms with Crippen molar-refractivity contribution in [3.05, 3.63) is 71.5 Å². The number of anilines is 1. The van der Waals surface area contributed by atoms with Crippen LogP contribution in [0.4, 0.5) is 10.2 Å². The summed E-state index contributed by atoms with van der Waals surface area (Å²) in [6.45, 7) is 2.58. The average Bonchev–Trinajstić information content (AvgIpc) is 3.58. The highest BCUT2D eigenvalue weighted by Gasteiger charge is 2.47. The molecule has 2 aromatic carbocycles. The van der Waals surface area contributed by atoms with Gasteiger partial charge in [-0.05, 0) is 55.4 Å². The van der Waals surface area contributed by atoms with Crippen LogP contribution in [0.3, 0.4) is 0 Å². The fraction of sp³-hybridized carbons (Fsp3) is 0.452. The van der Waals surface area contributed by atoms with Gasteiger partial charge in [0.25, 0.3) is 0 Å². The molecule has 0 spiro atoms. The second-order valence-electron chi connectivity index (χ2n) is 11.4. The number of hydrazine groups is 1. The van der Waals surface area contributed by atoms with Crippen molar-refractivity contribution in [1.29, 1.82) is 0 Å². The summed E-state index contributed by atoms with van der Waals surface area (Å²) >= 11 is 1.54.